The number of allylic oxidation sites excluding steroid dienone is 4. The van der Waals surface area contributed by atoms with Crippen LogP contribution in [-0.2, 0) is 21.4 Å². The van der Waals surface area contributed by atoms with E-state index in [2.05, 4.69) is 49.7 Å². The maximum atomic E-state index is 13.1. The third kappa shape index (κ3) is 6.87. The van der Waals surface area contributed by atoms with Crippen molar-refractivity contribution >= 4 is 5.97 Å². The van der Waals surface area contributed by atoms with E-state index in [0.29, 0.717) is 30.6 Å². The average Bonchev–Trinajstić information content (AvgIpc) is 3.50. The Morgan fingerprint density at radius 3 is 2.70 bits per heavy atom. The number of unbranched alkanes of at least 4 members (excludes halogenated alkanes) is 1. The monoisotopic (exact) mass is 605 g/mol. The van der Waals surface area contributed by atoms with Crippen molar-refractivity contribution in [3.63, 3.8) is 0 Å². The molecule has 0 spiro atoms. The molecule has 1 aromatic rings. The molecule has 4 aliphatic rings. The lowest BCUT2D eigenvalue weighted by molar-refractivity contribution is -0.158. The van der Waals surface area contributed by atoms with Crippen molar-refractivity contribution in [2.24, 2.45) is 22.7 Å². The highest BCUT2D eigenvalue weighted by molar-refractivity contribution is 5.76. The van der Waals surface area contributed by atoms with E-state index in [1.54, 1.807) is 0 Å². The zero-order valence-corrected chi connectivity index (χ0v) is 27.7. The number of oxazole rings is 1. The highest BCUT2D eigenvalue weighted by Gasteiger charge is 2.56. The minimum atomic E-state index is -0.657. The molecule has 1 aromatic heterocycles. The zero-order chi connectivity index (χ0) is 31.7. The number of aromatic nitrogens is 1. The molecule has 242 valence electrons. The summed E-state index contributed by atoms with van der Waals surface area (Å²) >= 11 is 0. The van der Waals surface area contributed by atoms with Crippen molar-refractivity contribution < 1.29 is 24.2 Å². The fourth-order valence-electron chi connectivity index (χ4n) is 7.95. The number of carbonyl (C=O) groups is 1. The minimum Gasteiger partial charge on any atom is -0.457 e. The number of hydrogen-bond acceptors (Lipinski definition) is 6. The zero-order valence-electron chi connectivity index (χ0n) is 27.7. The van der Waals surface area contributed by atoms with Gasteiger partial charge in [-0.2, -0.15) is 0 Å². The van der Waals surface area contributed by atoms with Gasteiger partial charge in [0.2, 0.25) is 5.89 Å². The first kappa shape index (κ1) is 32.9. The summed E-state index contributed by atoms with van der Waals surface area (Å²) in [6.07, 6.45) is 21.7. The number of carbonyl (C=O) groups excluding carboxylic acids is 1. The van der Waals surface area contributed by atoms with Crippen LogP contribution in [0, 0.1) is 22.7 Å². The summed E-state index contributed by atoms with van der Waals surface area (Å²) in [6.45, 7) is 14.5. The van der Waals surface area contributed by atoms with E-state index in [1.807, 2.05) is 27.0 Å². The maximum absolute atomic E-state index is 13.1. The Morgan fingerprint density at radius 2 is 2.00 bits per heavy atom. The van der Waals surface area contributed by atoms with E-state index < -0.39 is 17.6 Å². The first-order valence-electron chi connectivity index (χ1n) is 17.1. The van der Waals surface area contributed by atoms with Gasteiger partial charge in [-0.3, -0.25) is 4.79 Å². The van der Waals surface area contributed by atoms with Crippen LogP contribution in [0.2, 0.25) is 0 Å². The van der Waals surface area contributed by atoms with Crippen LogP contribution in [0.5, 0.6) is 0 Å². The molecule has 1 heterocycles. The van der Waals surface area contributed by atoms with Gasteiger partial charge in [0.25, 0.3) is 0 Å². The van der Waals surface area contributed by atoms with Crippen LogP contribution in [0.3, 0.4) is 0 Å². The lowest BCUT2D eigenvalue weighted by Crippen LogP contribution is -2.35. The Bertz CT molecular complexity index is 1290. The largest absolute Gasteiger partial charge is 0.457 e. The molecule has 0 radical (unpaired) electrons. The van der Waals surface area contributed by atoms with Gasteiger partial charge in [0.15, 0.2) is 0 Å². The lowest BCUT2D eigenvalue weighted by atomic mass is 9.63. The normalized spacial score (nSPS) is 32.8. The van der Waals surface area contributed by atoms with Gasteiger partial charge in [0.05, 0.1) is 29.2 Å². The van der Waals surface area contributed by atoms with Crippen molar-refractivity contribution in [1.29, 1.82) is 0 Å². The van der Waals surface area contributed by atoms with E-state index in [-0.39, 0.29) is 22.9 Å². The maximum Gasteiger partial charge on any atom is 0.311 e. The van der Waals surface area contributed by atoms with Crippen LogP contribution in [0.4, 0.5) is 0 Å². The molecule has 6 heteroatoms. The number of aliphatic hydroxyl groups is 2. The van der Waals surface area contributed by atoms with Gasteiger partial charge in [-0.05, 0) is 119 Å². The molecule has 0 amide bonds. The molecular weight excluding hydrogens is 550 g/mol. The van der Waals surface area contributed by atoms with E-state index in [4.69, 9.17) is 9.15 Å². The number of nitrogens with zero attached hydrogens (tertiary/aromatic N) is 1. The molecule has 44 heavy (non-hydrogen) atoms. The number of esters is 1. The van der Waals surface area contributed by atoms with Crippen molar-refractivity contribution in [3.05, 3.63) is 65.5 Å². The molecule has 4 saturated carbocycles. The molecule has 0 bridgehead atoms. The second-order valence-electron chi connectivity index (χ2n) is 15.4. The van der Waals surface area contributed by atoms with Crippen molar-refractivity contribution in [2.45, 2.75) is 142 Å². The summed E-state index contributed by atoms with van der Waals surface area (Å²) in [5.74, 6) is 2.53. The van der Waals surface area contributed by atoms with Gasteiger partial charge < -0.3 is 19.4 Å². The summed E-state index contributed by atoms with van der Waals surface area (Å²) in [7, 11) is 0. The summed E-state index contributed by atoms with van der Waals surface area (Å²) in [5.41, 5.74) is 2.48. The number of aryl methyl sites for hydroxylation is 1. The third-order valence-corrected chi connectivity index (χ3v) is 11.1. The van der Waals surface area contributed by atoms with Crippen LogP contribution in [0.15, 0.2) is 58.2 Å². The Balaban J connectivity index is 1.31. The van der Waals surface area contributed by atoms with E-state index in [0.717, 1.165) is 61.9 Å². The van der Waals surface area contributed by atoms with Crippen LogP contribution in [0.25, 0.3) is 0 Å². The fourth-order valence-corrected chi connectivity index (χ4v) is 7.95. The number of hydrogen-bond donors (Lipinski definition) is 2. The van der Waals surface area contributed by atoms with Gasteiger partial charge in [-0.1, -0.05) is 50.6 Å². The third-order valence-electron chi connectivity index (χ3n) is 11.1. The first-order chi connectivity index (χ1) is 20.9. The first-order valence-corrected chi connectivity index (χ1v) is 17.1. The molecular formula is C38H55NO5. The molecule has 6 atom stereocenters. The summed E-state index contributed by atoms with van der Waals surface area (Å²) < 4.78 is 12.5. The van der Waals surface area contributed by atoms with Gasteiger partial charge >= 0.3 is 5.97 Å². The molecule has 6 nitrogen and oxygen atoms in total. The smallest absolute Gasteiger partial charge is 0.311 e. The Kier molecular flexibility index (Phi) is 9.82. The average molecular weight is 606 g/mol. The number of ether oxygens (including phenoxy) is 1. The second kappa shape index (κ2) is 13.1. The minimum absolute atomic E-state index is 0.194. The lowest BCUT2D eigenvalue weighted by Gasteiger charge is -2.42. The SMILES string of the molecule is C=C1/C(=C\C=C2/CCCC3(C)C(C/C=C/C(OC(=O)C(C)(C)C)C4(c5ncc(CCCC)o5)CC4)CCC23)C[C@@H](O)C[C@@H]1O. The predicted octanol–water partition coefficient (Wildman–Crippen LogP) is 8.09. The van der Waals surface area contributed by atoms with E-state index >= 15 is 0 Å². The molecule has 0 saturated heterocycles. The summed E-state index contributed by atoms with van der Waals surface area (Å²) in [6, 6.07) is 0. The standard InChI is InChI=1S/C38H55NO5/c1-7-8-13-30-24-39-34(43-30)38(20-21-38)33(44-35(42)36(3,4)5)14-9-12-28-17-18-31-26(11-10-19-37(28,31)6)15-16-27-22-29(40)23-32(41)25(27)2/h9,14-16,24,28-29,31-33,40-41H,2,7-8,10-13,17-23H2,1,3-6H3/b14-9+,26-15+,27-16-/t28?,29-,31?,32+,33?,37?/m1/s1. The number of rotatable bonds is 10. The summed E-state index contributed by atoms with van der Waals surface area (Å²) in [4.78, 5) is 17.8. The Hall–Kier alpha value is -2.44. The highest BCUT2D eigenvalue weighted by atomic mass is 16.5. The molecule has 2 N–H and O–H groups in total. The van der Waals surface area contributed by atoms with Gasteiger partial charge in [0, 0.05) is 12.8 Å². The van der Waals surface area contributed by atoms with Gasteiger partial charge in [0.1, 0.15) is 11.9 Å². The number of fused-ring (bicyclic) bond motifs is 1. The van der Waals surface area contributed by atoms with E-state index in [1.165, 1.54) is 31.3 Å². The number of aliphatic hydroxyl groups excluding tert-OH is 2. The van der Waals surface area contributed by atoms with E-state index in [9.17, 15) is 15.0 Å². The second-order valence-corrected chi connectivity index (χ2v) is 15.4. The van der Waals surface area contributed by atoms with Gasteiger partial charge in [-0.25, -0.2) is 4.98 Å². The molecule has 4 unspecified atom stereocenters. The van der Waals surface area contributed by atoms with Crippen molar-refractivity contribution in [2.75, 3.05) is 0 Å². The fraction of sp³-hybridized carbons (Fsp3) is 0.684. The topological polar surface area (TPSA) is 92.8 Å². The Labute approximate surface area is 264 Å². The Morgan fingerprint density at radius 1 is 1.23 bits per heavy atom. The molecule has 5 rings (SSSR count). The summed E-state index contributed by atoms with van der Waals surface area (Å²) in [5, 5.41) is 20.5. The van der Waals surface area contributed by atoms with Crippen LogP contribution < -0.4 is 0 Å². The molecule has 4 fully saturated rings. The quantitative estimate of drug-likeness (QED) is 0.207. The van der Waals surface area contributed by atoms with Crippen molar-refractivity contribution in [1.82, 2.24) is 4.98 Å². The predicted molar refractivity (Wildman–Crippen MR) is 174 cm³/mol. The highest BCUT2D eigenvalue weighted by Crippen LogP contribution is 2.59. The van der Waals surface area contributed by atoms with Crippen molar-refractivity contribution in [3.8, 4) is 0 Å². The molecule has 0 aromatic carbocycles. The van der Waals surface area contributed by atoms with Crippen LogP contribution in [0.1, 0.15) is 123 Å². The van der Waals surface area contributed by atoms with Crippen LogP contribution >= 0.6 is 0 Å². The van der Waals surface area contributed by atoms with Gasteiger partial charge in [-0.15, -0.1) is 0 Å². The molecule has 4 aliphatic carbocycles. The van der Waals surface area contributed by atoms with Crippen LogP contribution in [-0.4, -0.2) is 39.5 Å². The molecule has 0 aliphatic heterocycles.